The summed E-state index contributed by atoms with van der Waals surface area (Å²) in [7, 11) is 0. The molecule has 1 N–H and O–H groups in total. The number of anilines is 1. The number of rotatable bonds is 6. The van der Waals surface area contributed by atoms with Crippen LogP contribution in [-0.4, -0.2) is 16.0 Å². The summed E-state index contributed by atoms with van der Waals surface area (Å²) in [4.78, 5) is 8.81. The topological polar surface area (TPSA) is 37.8 Å². The number of hydrogen-bond acceptors (Lipinski definition) is 3. The Morgan fingerprint density at radius 3 is 2.65 bits per heavy atom. The molecule has 3 nitrogen and oxygen atoms in total. The van der Waals surface area contributed by atoms with Gasteiger partial charge < -0.3 is 5.32 Å². The maximum Gasteiger partial charge on any atom is 0.131 e. The summed E-state index contributed by atoms with van der Waals surface area (Å²) in [6, 6.07) is 12.9. The molecule has 1 unspecified atom stereocenters. The molecule has 106 valence electrons. The van der Waals surface area contributed by atoms with Crippen molar-refractivity contribution in [2.45, 2.75) is 39.2 Å². The van der Waals surface area contributed by atoms with Gasteiger partial charge in [-0.2, -0.15) is 0 Å². The average molecular weight is 334 g/mol. The second-order valence-corrected chi connectivity index (χ2v) is 5.73. The van der Waals surface area contributed by atoms with E-state index in [1.54, 1.807) is 0 Å². The fraction of sp³-hybridized carbons (Fsp3) is 0.375. The molecule has 0 saturated carbocycles. The van der Waals surface area contributed by atoms with Gasteiger partial charge in [-0.3, -0.25) is 0 Å². The zero-order chi connectivity index (χ0) is 14.4. The zero-order valence-corrected chi connectivity index (χ0v) is 13.5. The van der Waals surface area contributed by atoms with Gasteiger partial charge in [0.05, 0.1) is 0 Å². The number of aryl methyl sites for hydroxylation is 2. The van der Waals surface area contributed by atoms with E-state index >= 15 is 0 Å². The first kappa shape index (κ1) is 15.0. The third-order valence-electron chi connectivity index (χ3n) is 3.16. The van der Waals surface area contributed by atoms with E-state index in [9.17, 15) is 0 Å². The molecule has 20 heavy (non-hydrogen) atoms. The van der Waals surface area contributed by atoms with Crippen LogP contribution in [0.3, 0.4) is 0 Å². The molecular formula is C16H20BrN3. The molecule has 0 fully saturated rings. The number of halogens is 1. The molecule has 1 atom stereocenters. The summed E-state index contributed by atoms with van der Waals surface area (Å²) in [6.07, 6.45) is 2.99. The molecular weight excluding hydrogens is 314 g/mol. The summed E-state index contributed by atoms with van der Waals surface area (Å²) in [5.74, 6) is 1.75. The first-order valence-electron chi connectivity index (χ1n) is 7.01. The first-order chi connectivity index (χ1) is 9.67. The molecule has 2 aromatic rings. The van der Waals surface area contributed by atoms with Crippen LogP contribution in [-0.2, 0) is 12.8 Å². The van der Waals surface area contributed by atoms with Gasteiger partial charge in [-0.1, -0.05) is 37.3 Å². The lowest BCUT2D eigenvalue weighted by Crippen LogP contribution is -2.17. The average Bonchev–Trinajstić information content (AvgIpc) is 2.45. The molecule has 0 bridgehead atoms. The van der Waals surface area contributed by atoms with E-state index < -0.39 is 0 Å². The molecule has 4 heteroatoms. The molecule has 1 aromatic heterocycles. The van der Waals surface area contributed by atoms with Gasteiger partial charge in [-0.15, -0.1) is 0 Å². The highest BCUT2D eigenvalue weighted by Crippen LogP contribution is 2.15. The molecule has 1 heterocycles. The highest BCUT2D eigenvalue weighted by molar-refractivity contribution is 9.10. The van der Waals surface area contributed by atoms with Crippen molar-refractivity contribution in [1.82, 2.24) is 9.97 Å². The van der Waals surface area contributed by atoms with Gasteiger partial charge in [0.25, 0.3) is 0 Å². The van der Waals surface area contributed by atoms with Crippen molar-refractivity contribution in [3.8, 4) is 0 Å². The van der Waals surface area contributed by atoms with Crippen LogP contribution in [0, 0.1) is 0 Å². The SMILES string of the molecule is CCc1nc(Br)cc(NC(C)CCc2ccccc2)n1. The van der Waals surface area contributed by atoms with Crippen molar-refractivity contribution in [2.75, 3.05) is 5.32 Å². The quantitative estimate of drug-likeness (QED) is 0.803. The highest BCUT2D eigenvalue weighted by Gasteiger charge is 2.06. The molecule has 0 aliphatic heterocycles. The van der Waals surface area contributed by atoms with Crippen LogP contribution in [0.4, 0.5) is 5.82 Å². The number of benzene rings is 1. The van der Waals surface area contributed by atoms with Crippen LogP contribution in [0.15, 0.2) is 41.0 Å². The molecule has 0 amide bonds. The van der Waals surface area contributed by atoms with Gasteiger partial charge in [0.1, 0.15) is 16.2 Å². The van der Waals surface area contributed by atoms with E-state index in [4.69, 9.17) is 0 Å². The summed E-state index contributed by atoms with van der Waals surface area (Å²) in [5, 5.41) is 3.45. The smallest absolute Gasteiger partial charge is 0.131 e. The summed E-state index contributed by atoms with van der Waals surface area (Å²) < 4.78 is 0.835. The normalized spacial score (nSPS) is 12.2. The maximum atomic E-state index is 4.49. The molecule has 0 radical (unpaired) electrons. The number of nitrogens with one attached hydrogen (secondary N) is 1. The van der Waals surface area contributed by atoms with Gasteiger partial charge in [0.15, 0.2) is 0 Å². The van der Waals surface area contributed by atoms with Gasteiger partial charge in [0.2, 0.25) is 0 Å². The van der Waals surface area contributed by atoms with Crippen molar-refractivity contribution < 1.29 is 0 Å². The third-order valence-corrected chi connectivity index (χ3v) is 3.57. The molecule has 0 saturated heterocycles. The minimum atomic E-state index is 0.377. The Labute approximate surface area is 129 Å². The van der Waals surface area contributed by atoms with Crippen molar-refractivity contribution in [3.05, 3.63) is 52.4 Å². The van der Waals surface area contributed by atoms with E-state index in [1.165, 1.54) is 5.56 Å². The highest BCUT2D eigenvalue weighted by atomic mass is 79.9. The second kappa shape index (κ2) is 7.39. The predicted octanol–water partition coefficient (Wildman–Crippen LogP) is 4.23. The van der Waals surface area contributed by atoms with Crippen LogP contribution >= 0.6 is 15.9 Å². The molecule has 0 spiro atoms. The fourth-order valence-electron chi connectivity index (χ4n) is 2.05. The van der Waals surface area contributed by atoms with Gasteiger partial charge >= 0.3 is 0 Å². The second-order valence-electron chi connectivity index (χ2n) is 4.92. The van der Waals surface area contributed by atoms with Crippen molar-refractivity contribution in [3.63, 3.8) is 0 Å². The van der Waals surface area contributed by atoms with E-state index in [1.807, 2.05) is 6.07 Å². The lowest BCUT2D eigenvalue weighted by atomic mass is 10.1. The standard InChI is InChI=1S/C16H20BrN3/c1-3-15-19-14(17)11-16(20-15)18-12(2)9-10-13-7-5-4-6-8-13/h4-8,11-12H,3,9-10H2,1-2H3,(H,18,19,20). The first-order valence-corrected chi connectivity index (χ1v) is 7.80. The van der Waals surface area contributed by atoms with Gasteiger partial charge in [-0.05, 0) is 41.3 Å². The van der Waals surface area contributed by atoms with Crippen LogP contribution in [0.1, 0.15) is 31.7 Å². The van der Waals surface area contributed by atoms with Gasteiger partial charge in [-0.25, -0.2) is 9.97 Å². The largest absolute Gasteiger partial charge is 0.367 e. The van der Waals surface area contributed by atoms with Crippen molar-refractivity contribution >= 4 is 21.7 Å². The van der Waals surface area contributed by atoms with E-state index in [2.05, 4.69) is 75.4 Å². The molecule has 0 aliphatic carbocycles. The monoisotopic (exact) mass is 333 g/mol. The Balaban J connectivity index is 1.91. The zero-order valence-electron chi connectivity index (χ0n) is 11.9. The van der Waals surface area contributed by atoms with E-state index in [-0.39, 0.29) is 0 Å². The Morgan fingerprint density at radius 2 is 1.95 bits per heavy atom. The van der Waals surface area contributed by atoms with Crippen LogP contribution in [0.5, 0.6) is 0 Å². The third kappa shape index (κ3) is 4.60. The molecule has 0 aliphatic rings. The Hall–Kier alpha value is -1.42. The number of nitrogens with zero attached hydrogens (tertiary/aromatic N) is 2. The Morgan fingerprint density at radius 1 is 1.20 bits per heavy atom. The lowest BCUT2D eigenvalue weighted by Gasteiger charge is -2.15. The van der Waals surface area contributed by atoms with Crippen LogP contribution < -0.4 is 5.32 Å². The van der Waals surface area contributed by atoms with Crippen LogP contribution in [0.2, 0.25) is 0 Å². The van der Waals surface area contributed by atoms with E-state index in [0.717, 1.165) is 35.5 Å². The minimum Gasteiger partial charge on any atom is -0.367 e. The fourth-order valence-corrected chi connectivity index (χ4v) is 2.47. The maximum absolute atomic E-state index is 4.49. The predicted molar refractivity (Wildman–Crippen MR) is 87.0 cm³/mol. The summed E-state index contributed by atoms with van der Waals surface area (Å²) >= 11 is 3.43. The van der Waals surface area contributed by atoms with Crippen LogP contribution in [0.25, 0.3) is 0 Å². The number of hydrogen-bond donors (Lipinski definition) is 1. The lowest BCUT2D eigenvalue weighted by molar-refractivity contribution is 0.701. The van der Waals surface area contributed by atoms with Crippen molar-refractivity contribution in [1.29, 1.82) is 0 Å². The Bertz CT molecular complexity index is 543. The Kier molecular flexibility index (Phi) is 5.53. The van der Waals surface area contributed by atoms with Crippen molar-refractivity contribution in [2.24, 2.45) is 0 Å². The number of aromatic nitrogens is 2. The van der Waals surface area contributed by atoms with Gasteiger partial charge in [0, 0.05) is 18.5 Å². The molecule has 1 aromatic carbocycles. The minimum absolute atomic E-state index is 0.377. The molecule has 2 rings (SSSR count). The van der Waals surface area contributed by atoms with E-state index in [0.29, 0.717) is 6.04 Å². The summed E-state index contributed by atoms with van der Waals surface area (Å²) in [5.41, 5.74) is 1.37. The summed E-state index contributed by atoms with van der Waals surface area (Å²) in [6.45, 7) is 4.24.